The van der Waals surface area contributed by atoms with Gasteiger partial charge in [-0.25, -0.2) is 4.79 Å². The van der Waals surface area contributed by atoms with Crippen molar-refractivity contribution in [3.05, 3.63) is 0 Å². The van der Waals surface area contributed by atoms with Gasteiger partial charge >= 0.3 is 5.97 Å². The number of rotatable bonds is 4. The Morgan fingerprint density at radius 3 is 2.50 bits per heavy atom. The molecule has 0 aromatic rings. The molecule has 0 aliphatic heterocycles. The fourth-order valence-corrected chi connectivity index (χ4v) is 0.806. The normalized spacial score (nSPS) is 14.1. The fraction of sp³-hybridized carbons (Fsp3) is 0.833. The highest BCUT2D eigenvalue weighted by Crippen LogP contribution is 2.30. The van der Waals surface area contributed by atoms with Crippen LogP contribution in [-0.4, -0.2) is 34.0 Å². The smallest absolute Gasteiger partial charge is 0.344 e. The number of hydrogen-bond acceptors (Lipinski definition) is 3. The third kappa shape index (κ3) is 2.98. The zero-order chi connectivity index (χ0) is 9.78. The van der Waals surface area contributed by atoms with Crippen molar-refractivity contribution >= 4 is 40.8 Å². The molecule has 12 heavy (non-hydrogen) atoms. The van der Waals surface area contributed by atoms with E-state index in [2.05, 4.69) is 4.74 Å². The quantitative estimate of drug-likeness (QED) is 0.591. The summed E-state index contributed by atoms with van der Waals surface area (Å²) in [5, 5.41) is 7.51. The van der Waals surface area contributed by atoms with Gasteiger partial charge in [0.1, 0.15) is 5.38 Å². The average molecular weight is 235 g/mol. The summed E-state index contributed by atoms with van der Waals surface area (Å²) in [5.74, 6) is -0.845. The van der Waals surface area contributed by atoms with Gasteiger partial charge in [0, 0.05) is 0 Å². The molecule has 0 aromatic carbocycles. The molecule has 0 aliphatic rings. The molecule has 0 rings (SSSR count). The molecule has 0 aliphatic carbocycles. The monoisotopic (exact) mass is 234 g/mol. The highest BCUT2D eigenvalue weighted by atomic mass is 35.5. The van der Waals surface area contributed by atoms with Crippen molar-refractivity contribution in [1.82, 2.24) is 0 Å². The van der Waals surface area contributed by atoms with Crippen LogP contribution in [0.2, 0.25) is 0 Å². The van der Waals surface area contributed by atoms with Crippen molar-refractivity contribution in [3.63, 3.8) is 0 Å². The Kier molecular flexibility index (Phi) is 5.25. The van der Waals surface area contributed by atoms with Crippen LogP contribution in [-0.2, 0) is 9.53 Å². The van der Waals surface area contributed by atoms with Crippen LogP contribution in [0.4, 0.5) is 0 Å². The van der Waals surface area contributed by atoms with Crippen LogP contribution in [0.5, 0.6) is 0 Å². The SMILES string of the molecule is CCOC(=O)C(Cl)(Cl)[C@H](Cl)CO. The molecule has 0 spiro atoms. The van der Waals surface area contributed by atoms with Gasteiger partial charge in [0.2, 0.25) is 4.33 Å². The number of alkyl halides is 3. The van der Waals surface area contributed by atoms with Crippen LogP contribution in [0.15, 0.2) is 0 Å². The molecule has 0 unspecified atom stereocenters. The molecule has 0 bridgehead atoms. The molecule has 0 heterocycles. The van der Waals surface area contributed by atoms with Crippen molar-refractivity contribution in [3.8, 4) is 0 Å². The van der Waals surface area contributed by atoms with Crippen molar-refractivity contribution in [1.29, 1.82) is 0 Å². The molecule has 72 valence electrons. The number of carbonyl (C=O) groups is 1. The van der Waals surface area contributed by atoms with Gasteiger partial charge in [-0.15, -0.1) is 11.6 Å². The lowest BCUT2D eigenvalue weighted by atomic mass is 10.3. The summed E-state index contributed by atoms with van der Waals surface area (Å²) in [7, 11) is 0. The second-order valence-corrected chi connectivity index (χ2v) is 3.91. The average Bonchev–Trinajstić information content (AvgIpc) is 2.03. The fourth-order valence-electron chi connectivity index (χ4n) is 0.470. The molecular formula is C6H9Cl3O3. The van der Waals surface area contributed by atoms with Crippen LogP contribution < -0.4 is 0 Å². The molecule has 0 saturated heterocycles. The van der Waals surface area contributed by atoms with Crippen LogP contribution >= 0.6 is 34.8 Å². The Morgan fingerprint density at radius 2 is 2.17 bits per heavy atom. The summed E-state index contributed by atoms with van der Waals surface area (Å²) in [6, 6.07) is 0. The molecule has 1 N–H and O–H groups in total. The van der Waals surface area contributed by atoms with E-state index < -0.39 is 22.3 Å². The summed E-state index contributed by atoms with van der Waals surface area (Å²) in [6.45, 7) is 1.28. The lowest BCUT2D eigenvalue weighted by Gasteiger charge is -2.20. The third-order valence-electron chi connectivity index (χ3n) is 1.10. The predicted molar refractivity (Wildman–Crippen MR) is 47.8 cm³/mol. The van der Waals surface area contributed by atoms with E-state index in [-0.39, 0.29) is 6.61 Å². The lowest BCUT2D eigenvalue weighted by molar-refractivity contribution is -0.144. The van der Waals surface area contributed by atoms with Crippen molar-refractivity contribution in [2.75, 3.05) is 13.2 Å². The van der Waals surface area contributed by atoms with Crippen molar-refractivity contribution in [2.45, 2.75) is 16.6 Å². The predicted octanol–water partition coefficient (Wildman–Crippen LogP) is 1.32. The third-order valence-corrected chi connectivity index (χ3v) is 2.63. The molecular weight excluding hydrogens is 226 g/mol. The van der Waals surface area contributed by atoms with Gasteiger partial charge in [0.05, 0.1) is 13.2 Å². The molecule has 3 nitrogen and oxygen atoms in total. The largest absolute Gasteiger partial charge is 0.464 e. The van der Waals surface area contributed by atoms with Crippen LogP contribution in [0.25, 0.3) is 0 Å². The summed E-state index contributed by atoms with van der Waals surface area (Å²) in [4.78, 5) is 11.0. The second kappa shape index (κ2) is 5.12. The number of esters is 1. The van der Waals surface area contributed by atoms with Gasteiger partial charge in [-0.1, -0.05) is 23.2 Å². The van der Waals surface area contributed by atoms with E-state index in [1.54, 1.807) is 6.92 Å². The first-order chi connectivity index (χ1) is 5.46. The van der Waals surface area contributed by atoms with E-state index in [0.717, 1.165) is 0 Å². The van der Waals surface area contributed by atoms with Gasteiger partial charge in [-0.05, 0) is 6.92 Å². The Hall–Kier alpha value is 0.300. The number of carbonyl (C=O) groups excluding carboxylic acids is 1. The number of ether oxygens (including phenoxy) is 1. The molecule has 0 fully saturated rings. The molecule has 0 amide bonds. The van der Waals surface area contributed by atoms with Crippen LogP contribution in [0.1, 0.15) is 6.92 Å². The van der Waals surface area contributed by atoms with E-state index in [0.29, 0.717) is 0 Å². The number of hydrogen-bond donors (Lipinski definition) is 1. The van der Waals surface area contributed by atoms with Crippen LogP contribution in [0, 0.1) is 0 Å². The Labute approximate surface area is 85.5 Å². The maximum atomic E-state index is 11.0. The van der Waals surface area contributed by atoms with E-state index in [1.165, 1.54) is 0 Å². The molecule has 0 aromatic heterocycles. The summed E-state index contributed by atoms with van der Waals surface area (Å²) in [5.41, 5.74) is 0. The summed E-state index contributed by atoms with van der Waals surface area (Å²) < 4.78 is 2.65. The van der Waals surface area contributed by atoms with Crippen LogP contribution in [0.3, 0.4) is 0 Å². The van der Waals surface area contributed by atoms with Gasteiger partial charge in [0.25, 0.3) is 0 Å². The Balaban J connectivity index is 4.27. The molecule has 0 saturated carbocycles. The van der Waals surface area contributed by atoms with Gasteiger partial charge in [0.15, 0.2) is 0 Å². The highest BCUT2D eigenvalue weighted by molar-refractivity contribution is 6.60. The van der Waals surface area contributed by atoms with Crippen molar-refractivity contribution < 1.29 is 14.6 Å². The Bertz CT molecular complexity index is 160. The number of aliphatic hydroxyl groups excluding tert-OH is 1. The zero-order valence-corrected chi connectivity index (χ0v) is 8.66. The van der Waals surface area contributed by atoms with E-state index in [1.807, 2.05) is 0 Å². The van der Waals surface area contributed by atoms with Gasteiger partial charge in [-0.3, -0.25) is 0 Å². The van der Waals surface area contributed by atoms with Crippen molar-refractivity contribution in [2.24, 2.45) is 0 Å². The van der Waals surface area contributed by atoms with E-state index >= 15 is 0 Å². The minimum Gasteiger partial charge on any atom is -0.464 e. The van der Waals surface area contributed by atoms with Gasteiger partial charge in [-0.2, -0.15) is 0 Å². The maximum Gasteiger partial charge on any atom is 0.344 e. The zero-order valence-electron chi connectivity index (χ0n) is 6.39. The first kappa shape index (κ1) is 12.3. The minimum absolute atomic E-state index is 0.162. The number of halogens is 3. The maximum absolute atomic E-state index is 11.0. The topological polar surface area (TPSA) is 46.5 Å². The van der Waals surface area contributed by atoms with E-state index in [4.69, 9.17) is 39.9 Å². The molecule has 6 heteroatoms. The first-order valence-corrected chi connectivity index (χ1v) is 4.46. The number of aliphatic hydroxyl groups is 1. The highest BCUT2D eigenvalue weighted by Gasteiger charge is 2.42. The molecule has 1 atom stereocenters. The van der Waals surface area contributed by atoms with Gasteiger partial charge < -0.3 is 9.84 Å². The minimum atomic E-state index is -1.88. The first-order valence-electron chi connectivity index (χ1n) is 3.26. The Morgan fingerprint density at radius 1 is 1.67 bits per heavy atom. The lowest BCUT2D eigenvalue weighted by Crippen LogP contribution is -2.39. The van der Waals surface area contributed by atoms with E-state index in [9.17, 15) is 4.79 Å². The second-order valence-electron chi connectivity index (χ2n) is 1.99. The standard InChI is InChI=1S/C6H9Cl3O3/c1-2-12-5(11)6(8,9)4(7)3-10/h4,10H,2-3H2,1H3/t4-/m1/s1. The summed E-state index contributed by atoms with van der Waals surface area (Å²) in [6.07, 6.45) is 0. The molecule has 0 radical (unpaired) electrons. The summed E-state index contributed by atoms with van der Waals surface area (Å²) >= 11 is 16.5.